The molecule has 0 saturated carbocycles. The van der Waals surface area contributed by atoms with Gasteiger partial charge in [0.2, 0.25) is 0 Å². The Morgan fingerprint density at radius 3 is 2.89 bits per heavy atom. The second kappa shape index (κ2) is 7.86. The minimum absolute atomic E-state index is 0.00149. The van der Waals surface area contributed by atoms with Crippen LogP contribution in [0.4, 0.5) is 0 Å². The van der Waals surface area contributed by atoms with Crippen LogP contribution in [-0.2, 0) is 11.3 Å². The van der Waals surface area contributed by atoms with E-state index in [2.05, 4.69) is 19.8 Å². The van der Waals surface area contributed by atoms with Gasteiger partial charge in [-0.15, -0.1) is 0 Å². The number of likely N-dealkylation sites (tertiary alicyclic amines) is 1. The van der Waals surface area contributed by atoms with Gasteiger partial charge in [0, 0.05) is 45.1 Å². The first-order chi connectivity index (χ1) is 13.1. The van der Waals surface area contributed by atoms with E-state index < -0.39 is 0 Å². The van der Waals surface area contributed by atoms with Gasteiger partial charge in [-0.05, 0) is 44.7 Å². The number of hydrogen-bond donors (Lipinski definition) is 1. The number of amides is 1. The van der Waals surface area contributed by atoms with E-state index in [0.717, 1.165) is 57.7 Å². The number of rotatable bonds is 6. The molecule has 1 N–H and O–H groups in total. The van der Waals surface area contributed by atoms with Crippen molar-refractivity contribution in [2.75, 3.05) is 26.2 Å². The molecule has 27 heavy (non-hydrogen) atoms. The van der Waals surface area contributed by atoms with Gasteiger partial charge in [0.25, 0.3) is 5.91 Å². The maximum absolute atomic E-state index is 12.0. The lowest BCUT2D eigenvalue weighted by Gasteiger charge is -2.39. The summed E-state index contributed by atoms with van der Waals surface area (Å²) in [6.45, 7) is 6.77. The zero-order valence-corrected chi connectivity index (χ0v) is 15.9. The number of hydrogen-bond acceptors (Lipinski definition) is 5. The number of furan rings is 1. The van der Waals surface area contributed by atoms with Crippen LogP contribution < -0.4 is 5.32 Å². The standard InChI is InChI=1S/C20H28N4O3/c1-16-21-8-11-24(16)13-12-23-9-6-20(7-10-23)5-4-17(27-20)15-22-19(25)18-3-2-14-26-18/h2-3,8,11,14,17H,4-7,9-10,12-13,15H2,1H3,(H,22,25). The summed E-state index contributed by atoms with van der Waals surface area (Å²) in [6, 6.07) is 3.39. The van der Waals surface area contributed by atoms with Gasteiger partial charge in [-0.3, -0.25) is 4.79 Å². The van der Waals surface area contributed by atoms with Crippen LogP contribution in [0.25, 0.3) is 0 Å². The van der Waals surface area contributed by atoms with Crippen LogP contribution >= 0.6 is 0 Å². The maximum atomic E-state index is 12.0. The summed E-state index contributed by atoms with van der Waals surface area (Å²) in [7, 11) is 0. The number of aryl methyl sites for hydroxylation is 1. The largest absolute Gasteiger partial charge is 0.459 e. The highest BCUT2D eigenvalue weighted by Crippen LogP contribution is 2.38. The Kier molecular flexibility index (Phi) is 5.31. The first kappa shape index (κ1) is 18.3. The highest BCUT2D eigenvalue weighted by atomic mass is 16.5. The molecule has 1 amide bonds. The van der Waals surface area contributed by atoms with Crippen LogP contribution in [0.15, 0.2) is 35.2 Å². The lowest BCUT2D eigenvalue weighted by atomic mass is 9.88. The van der Waals surface area contributed by atoms with Crippen molar-refractivity contribution >= 4 is 5.91 Å². The lowest BCUT2D eigenvalue weighted by Crippen LogP contribution is -2.46. The predicted octanol–water partition coefficient (Wildman–Crippen LogP) is 2.23. The van der Waals surface area contributed by atoms with Crippen LogP contribution in [-0.4, -0.2) is 58.2 Å². The molecule has 2 aliphatic heterocycles. The highest BCUT2D eigenvalue weighted by Gasteiger charge is 2.42. The molecule has 0 aliphatic carbocycles. The van der Waals surface area contributed by atoms with Crippen LogP contribution in [0.2, 0.25) is 0 Å². The molecular formula is C20H28N4O3. The SMILES string of the molecule is Cc1nccn1CCN1CCC2(CCC(CNC(=O)c3ccco3)O2)CC1. The van der Waals surface area contributed by atoms with Crippen LogP contribution in [0.1, 0.15) is 42.1 Å². The van der Waals surface area contributed by atoms with Crippen molar-refractivity contribution in [2.24, 2.45) is 0 Å². The molecule has 2 saturated heterocycles. The third kappa shape index (κ3) is 4.25. The van der Waals surface area contributed by atoms with Crippen molar-refractivity contribution in [2.45, 2.75) is 50.9 Å². The van der Waals surface area contributed by atoms with E-state index in [0.29, 0.717) is 12.3 Å². The third-order valence-corrected chi connectivity index (χ3v) is 5.92. The second-order valence-electron chi connectivity index (χ2n) is 7.66. The summed E-state index contributed by atoms with van der Waals surface area (Å²) in [5.41, 5.74) is 0.00149. The van der Waals surface area contributed by atoms with E-state index in [1.54, 1.807) is 12.1 Å². The van der Waals surface area contributed by atoms with E-state index in [9.17, 15) is 4.79 Å². The van der Waals surface area contributed by atoms with Gasteiger partial charge < -0.3 is 23.9 Å². The molecule has 2 aliphatic rings. The molecule has 4 heterocycles. The van der Waals surface area contributed by atoms with Crippen LogP contribution in [0.3, 0.4) is 0 Å². The quantitative estimate of drug-likeness (QED) is 0.842. The molecule has 0 radical (unpaired) electrons. The van der Waals surface area contributed by atoms with E-state index in [-0.39, 0.29) is 17.6 Å². The minimum atomic E-state index is -0.172. The molecular weight excluding hydrogens is 344 g/mol. The number of carbonyl (C=O) groups excluding carboxylic acids is 1. The van der Waals surface area contributed by atoms with Crippen molar-refractivity contribution in [3.05, 3.63) is 42.4 Å². The minimum Gasteiger partial charge on any atom is -0.459 e. The average molecular weight is 372 g/mol. The number of nitrogens with zero attached hydrogens (tertiary/aromatic N) is 3. The van der Waals surface area contributed by atoms with E-state index >= 15 is 0 Å². The fourth-order valence-electron chi connectivity index (χ4n) is 4.18. The molecule has 1 spiro atoms. The van der Waals surface area contributed by atoms with Gasteiger partial charge in [0.15, 0.2) is 5.76 Å². The van der Waals surface area contributed by atoms with Crippen LogP contribution in [0, 0.1) is 6.92 Å². The first-order valence-electron chi connectivity index (χ1n) is 9.83. The lowest BCUT2D eigenvalue weighted by molar-refractivity contribution is -0.0756. The summed E-state index contributed by atoms with van der Waals surface area (Å²) in [5, 5.41) is 2.92. The normalized spacial score (nSPS) is 22.3. The summed E-state index contributed by atoms with van der Waals surface area (Å²) < 4.78 is 13.7. The van der Waals surface area contributed by atoms with Crippen molar-refractivity contribution in [1.82, 2.24) is 19.8 Å². The van der Waals surface area contributed by atoms with Gasteiger partial charge >= 0.3 is 0 Å². The molecule has 1 atom stereocenters. The fourth-order valence-corrected chi connectivity index (χ4v) is 4.18. The van der Waals surface area contributed by atoms with Crippen molar-refractivity contribution in [1.29, 1.82) is 0 Å². The van der Waals surface area contributed by atoms with Crippen LogP contribution in [0.5, 0.6) is 0 Å². The molecule has 2 aromatic heterocycles. The maximum Gasteiger partial charge on any atom is 0.287 e. The molecule has 7 heteroatoms. The topological polar surface area (TPSA) is 72.5 Å². The number of aromatic nitrogens is 2. The van der Waals surface area contributed by atoms with E-state index in [1.165, 1.54) is 6.26 Å². The van der Waals surface area contributed by atoms with E-state index in [1.807, 2.05) is 19.3 Å². The number of imidazole rings is 1. The molecule has 1 unspecified atom stereocenters. The Morgan fingerprint density at radius 1 is 1.33 bits per heavy atom. The Morgan fingerprint density at radius 2 is 2.19 bits per heavy atom. The molecule has 4 rings (SSSR count). The van der Waals surface area contributed by atoms with Gasteiger partial charge in [-0.25, -0.2) is 4.98 Å². The Bertz CT molecular complexity index is 747. The first-order valence-corrected chi connectivity index (χ1v) is 9.83. The molecule has 2 fully saturated rings. The Balaban J connectivity index is 1.20. The van der Waals surface area contributed by atoms with Crippen molar-refractivity contribution in [3.8, 4) is 0 Å². The van der Waals surface area contributed by atoms with Gasteiger partial charge in [0.05, 0.1) is 18.0 Å². The summed E-state index contributed by atoms with van der Waals surface area (Å²) in [5.74, 6) is 1.25. The monoisotopic (exact) mass is 372 g/mol. The predicted molar refractivity (Wildman–Crippen MR) is 101 cm³/mol. The summed E-state index contributed by atoms with van der Waals surface area (Å²) in [6.07, 6.45) is 9.74. The van der Waals surface area contributed by atoms with Gasteiger partial charge in [-0.2, -0.15) is 0 Å². The van der Waals surface area contributed by atoms with Crippen molar-refractivity contribution in [3.63, 3.8) is 0 Å². The number of ether oxygens (including phenoxy) is 1. The van der Waals surface area contributed by atoms with E-state index in [4.69, 9.17) is 9.15 Å². The molecule has 2 aromatic rings. The average Bonchev–Trinajstić information content (AvgIpc) is 3.42. The third-order valence-electron chi connectivity index (χ3n) is 5.92. The van der Waals surface area contributed by atoms with Gasteiger partial charge in [-0.1, -0.05) is 0 Å². The molecule has 146 valence electrons. The summed E-state index contributed by atoms with van der Waals surface area (Å²) in [4.78, 5) is 18.8. The summed E-state index contributed by atoms with van der Waals surface area (Å²) >= 11 is 0. The number of piperidine rings is 1. The molecule has 7 nitrogen and oxygen atoms in total. The zero-order chi connectivity index (χ0) is 18.7. The Labute approximate surface area is 159 Å². The fraction of sp³-hybridized carbons (Fsp3) is 0.600. The molecule has 0 bridgehead atoms. The number of nitrogens with one attached hydrogen (secondary N) is 1. The zero-order valence-electron chi connectivity index (χ0n) is 15.9. The number of carbonyl (C=O) groups is 1. The highest BCUT2D eigenvalue weighted by molar-refractivity contribution is 5.91. The van der Waals surface area contributed by atoms with Crippen molar-refractivity contribution < 1.29 is 13.9 Å². The smallest absolute Gasteiger partial charge is 0.287 e. The Hall–Kier alpha value is -2.12. The van der Waals surface area contributed by atoms with Gasteiger partial charge in [0.1, 0.15) is 5.82 Å². The second-order valence-corrected chi connectivity index (χ2v) is 7.66. The molecule has 0 aromatic carbocycles.